The lowest BCUT2D eigenvalue weighted by molar-refractivity contribution is -0.139. The van der Waals surface area contributed by atoms with Crippen molar-refractivity contribution in [3.05, 3.63) is 63.1 Å². The Bertz CT molecular complexity index is 1010. The molecule has 4 rings (SSSR count). The maximum atomic E-state index is 13.4. The molecule has 2 aliphatic rings. The predicted octanol–water partition coefficient (Wildman–Crippen LogP) is 5.20. The Labute approximate surface area is 214 Å². The smallest absolute Gasteiger partial charge is 0.256 e. The van der Waals surface area contributed by atoms with Gasteiger partial charge in [0, 0.05) is 43.0 Å². The van der Waals surface area contributed by atoms with Crippen LogP contribution in [0.15, 0.2) is 42.5 Å². The molecular formula is C25H27Cl3N2O4. The largest absolute Gasteiger partial charge is 0.493 e. The molecule has 0 aliphatic carbocycles. The van der Waals surface area contributed by atoms with Gasteiger partial charge < -0.3 is 19.3 Å². The second-order valence-electron chi connectivity index (χ2n) is 8.84. The molecule has 2 saturated heterocycles. The molecule has 9 heteroatoms. The van der Waals surface area contributed by atoms with E-state index < -0.39 is 5.41 Å². The lowest BCUT2D eigenvalue weighted by Gasteiger charge is -2.43. The zero-order chi connectivity index (χ0) is 24.1. The molecule has 0 spiro atoms. The first-order valence-electron chi connectivity index (χ1n) is 11.3. The normalized spacial score (nSPS) is 20.8. The van der Waals surface area contributed by atoms with E-state index in [1.165, 1.54) is 0 Å². The first-order chi connectivity index (χ1) is 16.4. The Morgan fingerprint density at radius 2 is 1.62 bits per heavy atom. The van der Waals surface area contributed by atoms with Crippen LogP contribution in [0.3, 0.4) is 0 Å². The minimum absolute atomic E-state index is 0.0491. The number of nitrogens with zero attached hydrogens (tertiary/aromatic N) is 2. The number of carbonyl (C=O) groups excluding carboxylic acids is 2. The summed E-state index contributed by atoms with van der Waals surface area (Å²) in [5.74, 6) is 0.485. The van der Waals surface area contributed by atoms with Crippen LogP contribution in [0.5, 0.6) is 5.75 Å². The number of morpholine rings is 1. The van der Waals surface area contributed by atoms with Crippen LogP contribution in [-0.4, -0.2) is 67.6 Å². The van der Waals surface area contributed by atoms with Gasteiger partial charge in [0.15, 0.2) is 0 Å². The number of carbonyl (C=O) groups is 2. The number of hydrogen-bond donors (Lipinski definition) is 0. The topological polar surface area (TPSA) is 59.1 Å². The Hall–Kier alpha value is -1.99. The van der Waals surface area contributed by atoms with Crippen LogP contribution < -0.4 is 4.74 Å². The second kappa shape index (κ2) is 11.2. The number of piperidine rings is 1. The number of halogens is 3. The molecule has 1 unspecified atom stereocenters. The first kappa shape index (κ1) is 25.1. The molecule has 2 aromatic carbocycles. The Balaban J connectivity index is 1.56. The third-order valence-corrected chi connectivity index (χ3v) is 7.26. The molecule has 2 fully saturated rings. The van der Waals surface area contributed by atoms with E-state index in [1.54, 1.807) is 47.4 Å². The van der Waals surface area contributed by atoms with Gasteiger partial charge in [-0.1, -0.05) is 40.9 Å². The Morgan fingerprint density at radius 3 is 2.29 bits per heavy atom. The minimum atomic E-state index is -0.545. The summed E-state index contributed by atoms with van der Waals surface area (Å²) in [5.41, 5.74) is -0.254. The standard InChI is InChI=1S/C25H27Cl3N2O4/c26-18-5-7-19(8-6-18)34-17-25(15-22(31)29-11-13-33-14-12-29)9-2-10-30(16-25)24(32)23-20(27)3-1-4-21(23)28/h1,3-8H,2,9-17H2. The quantitative estimate of drug-likeness (QED) is 0.520. The summed E-state index contributed by atoms with van der Waals surface area (Å²) < 4.78 is 11.5. The SMILES string of the molecule is O=C(CC1(COc2ccc(Cl)cc2)CCCN(C(=O)c2c(Cl)cccc2Cl)C1)N1CCOCC1. The van der Waals surface area contributed by atoms with E-state index in [9.17, 15) is 9.59 Å². The zero-order valence-electron chi connectivity index (χ0n) is 18.8. The summed E-state index contributed by atoms with van der Waals surface area (Å²) in [4.78, 5) is 30.2. The van der Waals surface area contributed by atoms with E-state index in [0.717, 1.165) is 12.8 Å². The van der Waals surface area contributed by atoms with Crippen molar-refractivity contribution in [1.82, 2.24) is 9.80 Å². The molecule has 0 bridgehead atoms. The van der Waals surface area contributed by atoms with E-state index in [1.807, 2.05) is 4.90 Å². The molecule has 2 aromatic rings. The maximum Gasteiger partial charge on any atom is 0.256 e. The van der Waals surface area contributed by atoms with E-state index in [-0.39, 0.29) is 18.2 Å². The summed E-state index contributed by atoms with van der Waals surface area (Å²) >= 11 is 18.6. The summed E-state index contributed by atoms with van der Waals surface area (Å²) in [6.45, 7) is 3.46. The highest BCUT2D eigenvalue weighted by Crippen LogP contribution is 2.37. The highest BCUT2D eigenvalue weighted by Gasteiger charge is 2.41. The fourth-order valence-electron chi connectivity index (χ4n) is 4.57. The highest BCUT2D eigenvalue weighted by atomic mass is 35.5. The molecule has 2 amide bonds. The van der Waals surface area contributed by atoms with E-state index in [2.05, 4.69) is 0 Å². The van der Waals surface area contributed by atoms with Crippen LogP contribution in [0, 0.1) is 5.41 Å². The van der Waals surface area contributed by atoms with Crippen molar-refractivity contribution in [2.75, 3.05) is 46.0 Å². The molecule has 2 aliphatic heterocycles. The third kappa shape index (κ3) is 5.98. The molecule has 0 saturated carbocycles. The molecule has 6 nitrogen and oxygen atoms in total. The number of hydrogen-bond acceptors (Lipinski definition) is 4. The molecule has 34 heavy (non-hydrogen) atoms. The van der Waals surface area contributed by atoms with Crippen LogP contribution in [0.25, 0.3) is 0 Å². The number of amides is 2. The number of rotatable bonds is 6. The van der Waals surface area contributed by atoms with E-state index in [4.69, 9.17) is 44.3 Å². The summed E-state index contributed by atoms with van der Waals surface area (Å²) in [5, 5.41) is 1.25. The van der Waals surface area contributed by atoms with Crippen molar-refractivity contribution in [1.29, 1.82) is 0 Å². The molecule has 0 N–H and O–H groups in total. The number of ether oxygens (including phenoxy) is 2. The van der Waals surface area contributed by atoms with Crippen molar-refractivity contribution in [3.8, 4) is 5.75 Å². The monoisotopic (exact) mass is 524 g/mol. The van der Waals surface area contributed by atoms with E-state index in [0.29, 0.717) is 72.4 Å². The van der Waals surface area contributed by atoms with Gasteiger partial charge in [-0.2, -0.15) is 0 Å². The lowest BCUT2D eigenvalue weighted by atomic mass is 9.77. The summed E-state index contributed by atoms with van der Waals surface area (Å²) in [6, 6.07) is 12.1. The van der Waals surface area contributed by atoms with Gasteiger partial charge in [-0.15, -0.1) is 0 Å². The van der Waals surface area contributed by atoms with Crippen molar-refractivity contribution < 1.29 is 19.1 Å². The first-order valence-corrected chi connectivity index (χ1v) is 12.5. The van der Waals surface area contributed by atoms with Gasteiger partial charge in [-0.25, -0.2) is 0 Å². The molecule has 0 aromatic heterocycles. The molecule has 0 radical (unpaired) electrons. The second-order valence-corrected chi connectivity index (χ2v) is 10.1. The van der Waals surface area contributed by atoms with Gasteiger partial charge >= 0.3 is 0 Å². The van der Waals surface area contributed by atoms with Crippen LogP contribution in [0.4, 0.5) is 0 Å². The van der Waals surface area contributed by atoms with Gasteiger partial charge in [0.05, 0.1) is 35.4 Å². The number of likely N-dealkylation sites (tertiary alicyclic amines) is 1. The average Bonchev–Trinajstić information content (AvgIpc) is 2.84. The Kier molecular flexibility index (Phi) is 8.25. The minimum Gasteiger partial charge on any atom is -0.493 e. The predicted molar refractivity (Wildman–Crippen MR) is 133 cm³/mol. The van der Waals surface area contributed by atoms with Crippen molar-refractivity contribution >= 4 is 46.6 Å². The maximum absolute atomic E-state index is 13.4. The van der Waals surface area contributed by atoms with Gasteiger partial charge in [0.25, 0.3) is 5.91 Å². The molecule has 182 valence electrons. The van der Waals surface area contributed by atoms with Crippen molar-refractivity contribution in [2.24, 2.45) is 5.41 Å². The van der Waals surface area contributed by atoms with Gasteiger partial charge in [0.1, 0.15) is 5.75 Å². The van der Waals surface area contributed by atoms with Crippen LogP contribution in [-0.2, 0) is 9.53 Å². The van der Waals surface area contributed by atoms with Gasteiger partial charge in [-0.3, -0.25) is 9.59 Å². The zero-order valence-corrected chi connectivity index (χ0v) is 21.0. The van der Waals surface area contributed by atoms with Crippen LogP contribution in [0.1, 0.15) is 29.6 Å². The highest BCUT2D eigenvalue weighted by molar-refractivity contribution is 6.39. The fraction of sp³-hybridized carbons (Fsp3) is 0.440. The van der Waals surface area contributed by atoms with Gasteiger partial charge in [0.2, 0.25) is 5.91 Å². The van der Waals surface area contributed by atoms with Crippen LogP contribution >= 0.6 is 34.8 Å². The fourth-order valence-corrected chi connectivity index (χ4v) is 5.25. The third-order valence-electron chi connectivity index (χ3n) is 6.37. The van der Waals surface area contributed by atoms with Crippen molar-refractivity contribution in [2.45, 2.75) is 19.3 Å². The van der Waals surface area contributed by atoms with Crippen LogP contribution in [0.2, 0.25) is 15.1 Å². The van der Waals surface area contributed by atoms with E-state index >= 15 is 0 Å². The Morgan fingerprint density at radius 1 is 0.941 bits per heavy atom. The summed E-state index contributed by atoms with van der Waals surface area (Å²) in [6.07, 6.45) is 1.78. The summed E-state index contributed by atoms with van der Waals surface area (Å²) in [7, 11) is 0. The molecule has 1 atom stereocenters. The van der Waals surface area contributed by atoms with Crippen molar-refractivity contribution in [3.63, 3.8) is 0 Å². The lowest BCUT2D eigenvalue weighted by Crippen LogP contribution is -2.52. The number of benzene rings is 2. The average molecular weight is 526 g/mol. The molecular weight excluding hydrogens is 499 g/mol. The van der Waals surface area contributed by atoms with Gasteiger partial charge in [-0.05, 0) is 49.2 Å². The molecule has 2 heterocycles.